The smallest absolute Gasteiger partial charge is 0.253 e. The van der Waals surface area contributed by atoms with Crippen molar-refractivity contribution < 1.29 is 23.4 Å². The molecule has 2 aromatic rings. The van der Waals surface area contributed by atoms with Crippen LogP contribution in [0.2, 0.25) is 0 Å². The monoisotopic (exact) mass is 472 g/mol. The Balaban J connectivity index is 1.30. The van der Waals surface area contributed by atoms with Gasteiger partial charge in [-0.3, -0.25) is 4.79 Å². The van der Waals surface area contributed by atoms with Gasteiger partial charge in [0, 0.05) is 25.2 Å². The number of β-amino-alcohol motifs (C(OH)–C–C–N with tert-alkyl or cyclic N) is 1. The molecule has 1 N–H and O–H groups in total. The van der Waals surface area contributed by atoms with Crippen molar-refractivity contribution in [3.63, 3.8) is 0 Å². The van der Waals surface area contributed by atoms with Crippen LogP contribution in [0.1, 0.15) is 43.5 Å². The fourth-order valence-corrected chi connectivity index (χ4v) is 4.76. The SMILES string of the molecule is CC(C)(F)CN1CCC(COc2ccc(-c3ccc(C(=O)N4CC[C@@H](O)C4)cc3)cc2F)CC1. The van der Waals surface area contributed by atoms with Crippen molar-refractivity contribution in [2.45, 2.75) is 44.9 Å². The standard InChI is InChI=1S/C27H34F2N2O3/c1-27(2,29)18-30-12-9-19(10-13-30)17-34-25-8-7-22(15-24(25)28)20-3-5-21(6-4-20)26(33)31-14-11-23(32)16-31/h3-8,15,19,23,32H,9-14,16-18H2,1-2H3/t23-/m1/s1. The van der Waals surface area contributed by atoms with Crippen LogP contribution in [0.3, 0.4) is 0 Å². The molecule has 0 radical (unpaired) electrons. The number of carbonyl (C=O) groups is 1. The zero-order valence-corrected chi connectivity index (χ0v) is 20.0. The first-order valence-electron chi connectivity index (χ1n) is 12.1. The van der Waals surface area contributed by atoms with E-state index in [1.807, 2.05) is 18.2 Å². The van der Waals surface area contributed by atoms with Gasteiger partial charge in [-0.2, -0.15) is 0 Å². The minimum Gasteiger partial charge on any atom is -0.490 e. The molecular formula is C27H34F2N2O3. The molecule has 184 valence electrons. The number of rotatable bonds is 7. The third-order valence-corrected chi connectivity index (χ3v) is 6.63. The van der Waals surface area contributed by atoms with Gasteiger partial charge in [0.2, 0.25) is 0 Å². The van der Waals surface area contributed by atoms with Gasteiger partial charge in [-0.1, -0.05) is 18.2 Å². The zero-order chi connectivity index (χ0) is 24.3. The fraction of sp³-hybridized carbons (Fsp3) is 0.519. The highest BCUT2D eigenvalue weighted by molar-refractivity contribution is 5.95. The molecule has 0 aromatic heterocycles. The third kappa shape index (κ3) is 6.33. The van der Waals surface area contributed by atoms with E-state index in [0.717, 1.165) is 31.5 Å². The number of nitrogens with zero attached hydrogens (tertiary/aromatic N) is 2. The van der Waals surface area contributed by atoms with Crippen molar-refractivity contribution in [1.29, 1.82) is 0 Å². The number of alkyl halides is 1. The van der Waals surface area contributed by atoms with Crippen LogP contribution < -0.4 is 4.74 Å². The van der Waals surface area contributed by atoms with E-state index in [1.165, 1.54) is 6.07 Å². The molecule has 7 heteroatoms. The Morgan fingerprint density at radius 2 is 1.74 bits per heavy atom. The van der Waals surface area contributed by atoms with Crippen molar-refractivity contribution in [1.82, 2.24) is 9.80 Å². The maximum absolute atomic E-state index is 14.7. The summed E-state index contributed by atoms with van der Waals surface area (Å²) in [5.41, 5.74) is 0.884. The van der Waals surface area contributed by atoms with Crippen molar-refractivity contribution >= 4 is 5.91 Å². The van der Waals surface area contributed by atoms with E-state index in [2.05, 4.69) is 4.90 Å². The van der Waals surface area contributed by atoms with Gasteiger partial charge in [0.05, 0.1) is 12.7 Å². The largest absolute Gasteiger partial charge is 0.490 e. The molecule has 2 aliphatic rings. The summed E-state index contributed by atoms with van der Waals surface area (Å²) in [6, 6.07) is 12.0. The number of halogens is 2. The van der Waals surface area contributed by atoms with Crippen LogP contribution in [0.5, 0.6) is 5.75 Å². The number of hydrogen-bond acceptors (Lipinski definition) is 4. The number of ether oxygens (including phenoxy) is 1. The maximum atomic E-state index is 14.7. The van der Waals surface area contributed by atoms with E-state index >= 15 is 0 Å². The molecule has 1 amide bonds. The van der Waals surface area contributed by atoms with Gasteiger partial charge < -0.3 is 19.6 Å². The molecule has 2 aromatic carbocycles. The van der Waals surface area contributed by atoms with E-state index in [0.29, 0.717) is 49.7 Å². The Hall–Kier alpha value is -2.51. The Kier molecular flexibility index (Phi) is 7.53. The second kappa shape index (κ2) is 10.4. The highest BCUT2D eigenvalue weighted by atomic mass is 19.1. The van der Waals surface area contributed by atoms with Crippen molar-refractivity contribution in [3.8, 4) is 16.9 Å². The molecule has 0 unspecified atom stereocenters. The molecule has 5 nitrogen and oxygen atoms in total. The van der Waals surface area contributed by atoms with Gasteiger partial charge in [0.15, 0.2) is 11.6 Å². The molecule has 2 heterocycles. The van der Waals surface area contributed by atoms with Crippen molar-refractivity contribution in [2.75, 3.05) is 39.3 Å². The second-order valence-electron chi connectivity index (χ2n) is 10.2. The number of amides is 1. The quantitative estimate of drug-likeness (QED) is 0.643. The number of hydrogen-bond donors (Lipinski definition) is 1. The molecule has 0 saturated carbocycles. The summed E-state index contributed by atoms with van der Waals surface area (Å²) in [6.07, 6.45) is 1.98. The van der Waals surface area contributed by atoms with Crippen LogP contribution in [0.4, 0.5) is 8.78 Å². The lowest BCUT2D eigenvalue weighted by Gasteiger charge is -2.34. The first-order chi connectivity index (χ1) is 16.2. The van der Waals surface area contributed by atoms with E-state index < -0.39 is 17.6 Å². The summed E-state index contributed by atoms with van der Waals surface area (Å²) >= 11 is 0. The molecule has 34 heavy (non-hydrogen) atoms. The highest BCUT2D eigenvalue weighted by Gasteiger charge is 2.26. The summed E-state index contributed by atoms with van der Waals surface area (Å²) in [5.74, 6) is 0.0490. The van der Waals surface area contributed by atoms with E-state index in [9.17, 15) is 18.7 Å². The molecule has 0 aliphatic carbocycles. The summed E-state index contributed by atoms with van der Waals surface area (Å²) in [5, 5.41) is 9.64. The van der Waals surface area contributed by atoms with Crippen molar-refractivity contribution in [2.24, 2.45) is 5.92 Å². The molecule has 2 saturated heterocycles. The number of benzene rings is 2. The zero-order valence-electron chi connectivity index (χ0n) is 20.0. The Bertz CT molecular complexity index is 982. The summed E-state index contributed by atoms with van der Waals surface area (Å²) in [6.45, 7) is 6.68. The van der Waals surface area contributed by atoms with Gasteiger partial charge in [0.1, 0.15) is 5.67 Å². The maximum Gasteiger partial charge on any atom is 0.253 e. The number of likely N-dealkylation sites (tertiary alicyclic amines) is 2. The predicted molar refractivity (Wildman–Crippen MR) is 128 cm³/mol. The number of aliphatic hydroxyl groups excluding tert-OH is 1. The van der Waals surface area contributed by atoms with E-state index in [-0.39, 0.29) is 11.7 Å². The van der Waals surface area contributed by atoms with Crippen LogP contribution in [-0.4, -0.2) is 71.9 Å². The Morgan fingerprint density at radius 3 is 2.32 bits per heavy atom. The fourth-order valence-electron chi connectivity index (χ4n) is 4.76. The molecule has 4 rings (SSSR count). The van der Waals surface area contributed by atoms with Crippen molar-refractivity contribution in [3.05, 3.63) is 53.8 Å². The first-order valence-corrected chi connectivity index (χ1v) is 12.1. The van der Waals surface area contributed by atoms with E-state index in [1.54, 1.807) is 36.9 Å². The molecule has 1 atom stereocenters. The van der Waals surface area contributed by atoms with Gasteiger partial charge in [0.25, 0.3) is 5.91 Å². The summed E-state index contributed by atoms with van der Waals surface area (Å²) in [7, 11) is 0. The molecule has 2 fully saturated rings. The lowest BCUT2D eigenvalue weighted by atomic mass is 9.97. The normalized spacial score (nSPS) is 20.0. The summed E-state index contributed by atoms with van der Waals surface area (Å²) < 4.78 is 34.3. The predicted octanol–water partition coefficient (Wildman–Crippen LogP) is 4.54. The molecule has 0 bridgehead atoms. The Labute approximate surface area is 200 Å². The van der Waals surface area contributed by atoms with Crippen LogP contribution in [0.15, 0.2) is 42.5 Å². The molecular weight excluding hydrogens is 438 g/mol. The average Bonchev–Trinajstić information content (AvgIpc) is 3.24. The second-order valence-corrected chi connectivity index (χ2v) is 10.2. The minimum absolute atomic E-state index is 0.0998. The Morgan fingerprint density at radius 1 is 1.06 bits per heavy atom. The van der Waals surface area contributed by atoms with Gasteiger partial charge in [-0.05, 0) is 87.5 Å². The van der Waals surface area contributed by atoms with Gasteiger partial charge >= 0.3 is 0 Å². The lowest BCUT2D eigenvalue weighted by Crippen LogP contribution is -2.41. The lowest BCUT2D eigenvalue weighted by molar-refractivity contribution is 0.0765. The van der Waals surface area contributed by atoms with Gasteiger partial charge in [-0.15, -0.1) is 0 Å². The minimum atomic E-state index is -1.19. The van der Waals surface area contributed by atoms with Crippen LogP contribution in [0.25, 0.3) is 11.1 Å². The molecule has 0 spiro atoms. The average molecular weight is 473 g/mol. The topological polar surface area (TPSA) is 53.0 Å². The van der Waals surface area contributed by atoms with Crippen LogP contribution >= 0.6 is 0 Å². The number of carbonyl (C=O) groups excluding carboxylic acids is 1. The van der Waals surface area contributed by atoms with Crippen LogP contribution in [0, 0.1) is 11.7 Å². The third-order valence-electron chi connectivity index (χ3n) is 6.63. The first kappa shape index (κ1) is 24.6. The number of piperidine rings is 1. The van der Waals surface area contributed by atoms with Crippen LogP contribution in [-0.2, 0) is 0 Å². The van der Waals surface area contributed by atoms with Gasteiger partial charge in [-0.25, -0.2) is 8.78 Å². The van der Waals surface area contributed by atoms with E-state index in [4.69, 9.17) is 4.74 Å². The number of aliphatic hydroxyl groups is 1. The molecule has 2 aliphatic heterocycles. The highest BCUT2D eigenvalue weighted by Crippen LogP contribution is 2.28. The summed E-state index contributed by atoms with van der Waals surface area (Å²) in [4.78, 5) is 16.3.